The quantitative estimate of drug-likeness (QED) is 0.586. The fourth-order valence-electron chi connectivity index (χ4n) is 2.87. The van der Waals surface area contributed by atoms with E-state index in [0.29, 0.717) is 6.54 Å². The Balaban J connectivity index is 2.07. The molecule has 142 valence electrons. The van der Waals surface area contributed by atoms with Gasteiger partial charge in [0.05, 0.1) is 12.2 Å². The molecular formula is C21H25FN4S. The van der Waals surface area contributed by atoms with Crippen molar-refractivity contribution in [3.05, 3.63) is 71.7 Å². The molecule has 0 aliphatic rings. The summed E-state index contributed by atoms with van der Waals surface area (Å²) in [6.07, 6.45) is 3.61. The van der Waals surface area contributed by atoms with Gasteiger partial charge in [-0.25, -0.2) is 9.37 Å². The maximum Gasteiger partial charge on any atom is 0.124 e. The molecule has 3 rings (SSSR count). The normalized spacial score (nSPS) is 11.5. The molecular weight excluding hydrogens is 359 g/mol. The van der Waals surface area contributed by atoms with Crippen molar-refractivity contribution in [3.8, 4) is 0 Å². The molecule has 0 saturated carbocycles. The Morgan fingerprint density at radius 2 is 1.89 bits per heavy atom. The minimum Gasteiger partial charge on any atom is -0.317 e. The number of rotatable bonds is 7. The fourth-order valence-corrected chi connectivity index (χ4v) is 4.07. The molecule has 0 N–H and O–H groups in total. The van der Waals surface area contributed by atoms with Crippen molar-refractivity contribution in [2.75, 3.05) is 14.1 Å². The molecule has 3 aromatic rings. The Bertz CT molecular complexity index is 890. The molecule has 2 heterocycles. The van der Waals surface area contributed by atoms with Gasteiger partial charge in [-0.05, 0) is 55.9 Å². The lowest BCUT2D eigenvalue weighted by molar-refractivity contribution is 0.380. The van der Waals surface area contributed by atoms with Crippen LogP contribution in [0, 0.1) is 5.82 Å². The van der Waals surface area contributed by atoms with E-state index in [-0.39, 0.29) is 11.7 Å². The van der Waals surface area contributed by atoms with E-state index in [2.05, 4.69) is 28.3 Å². The van der Waals surface area contributed by atoms with Crippen LogP contribution in [0.25, 0.3) is 0 Å². The van der Waals surface area contributed by atoms with Crippen molar-refractivity contribution >= 4 is 11.8 Å². The zero-order valence-corrected chi connectivity index (χ0v) is 17.0. The third kappa shape index (κ3) is 4.96. The van der Waals surface area contributed by atoms with Crippen LogP contribution in [0.3, 0.4) is 0 Å². The summed E-state index contributed by atoms with van der Waals surface area (Å²) in [6.45, 7) is 5.75. The van der Waals surface area contributed by atoms with Gasteiger partial charge in [0.15, 0.2) is 0 Å². The highest BCUT2D eigenvalue weighted by Crippen LogP contribution is 2.35. The monoisotopic (exact) mass is 384 g/mol. The van der Waals surface area contributed by atoms with Gasteiger partial charge in [-0.15, -0.1) is 0 Å². The number of hydrogen-bond donors (Lipinski definition) is 0. The molecule has 0 aliphatic heterocycles. The zero-order chi connectivity index (χ0) is 19.4. The highest BCUT2D eigenvalue weighted by atomic mass is 32.2. The van der Waals surface area contributed by atoms with Gasteiger partial charge in [-0.3, -0.25) is 4.98 Å². The second-order valence-corrected chi connectivity index (χ2v) is 8.17. The van der Waals surface area contributed by atoms with Gasteiger partial charge in [0.25, 0.3) is 0 Å². The summed E-state index contributed by atoms with van der Waals surface area (Å²) in [5.74, 6) is 1.07. The summed E-state index contributed by atoms with van der Waals surface area (Å²) >= 11 is 1.58. The number of nitrogens with zero attached hydrogens (tertiary/aromatic N) is 4. The van der Waals surface area contributed by atoms with Crippen LogP contribution < -0.4 is 0 Å². The number of aromatic nitrogens is 3. The van der Waals surface area contributed by atoms with Crippen LogP contribution in [0.4, 0.5) is 4.39 Å². The first-order valence-electron chi connectivity index (χ1n) is 9.00. The van der Waals surface area contributed by atoms with Crippen LogP contribution in [-0.4, -0.2) is 33.5 Å². The molecule has 0 aliphatic carbocycles. The lowest BCUT2D eigenvalue weighted by Gasteiger charge is -2.15. The minimum absolute atomic E-state index is 0.222. The Morgan fingerprint density at radius 3 is 2.52 bits per heavy atom. The van der Waals surface area contributed by atoms with E-state index in [9.17, 15) is 4.39 Å². The lowest BCUT2D eigenvalue weighted by Crippen LogP contribution is -2.16. The predicted octanol–water partition coefficient (Wildman–Crippen LogP) is 4.80. The molecule has 4 nitrogen and oxygen atoms in total. The molecule has 27 heavy (non-hydrogen) atoms. The number of imidazole rings is 1. The molecule has 0 saturated heterocycles. The highest BCUT2D eigenvalue weighted by molar-refractivity contribution is 7.99. The molecule has 0 unspecified atom stereocenters. The second kappa shape index (κ2) is 8.67. The van der Waals surface area contributed by atoms with E-state index in [1.165, 1.54) is 11.6 Å². The lowest BCUT2D eigenvalue weighted by atomic mass is 10.1. The Kier molecular flexibility index (Phi) is 6.29. The summed E-state index contributed by atoms with van der Waals surface area (Å²) in [5, 5.41) is 1.07. The second-order valence-electron chi connectivity index (χ2n) is 7.11. The van der Waals surface area contributed by atoms with E-state index in [1.807, 2.05) is 32.3 Å². The molecule has 0 bridgehead atoms. The van der Waals surface area contributed by atoms with Gasteiger partial charge in [0, 0.05) is 23.8 Å². The largest absolute Gasteiger partial charge is 0.317 e. The highest BCUT2D eigenvalue weighted by Gasteiger charge is 2.21. The maximum atomic E-state index is 13.7. The Hall–Kier alpha value is -2.18. The van der Waals surface area contributed by atoms with Gasteiger partial charge in [0.1, 0.15) is 16.7 Å². The first-order chi connectivity index (χ1) is 12.9. The number of hydrogen-bond acceptors (Lipinski definition) is 4. The molecule has 6 heteroatoms. The maximum absolute atomic E-state index is 13.7. The molecule has 1 aromatic carbocycles. The van der Waals surface area contributed by atoms with E-state index in [4.69, 9.17) is 4.98 Å². The van der Waals surface area contributed by atoms with Crippen molar-refractivity contribution in [2.45, 2.75) is 42.8 Å². The summed E-state index contributed by atoms with van der Waals surface area (Å²) in [7, 11) is 4.08. The van der Waals surface area contributed by atoms with Crippen molar-refractivity contribution in [1.82, 2.24) is 19.4 Å². The van der Waals surface area contributed by atoms with Gasteiger partial charge < -0.3 is 9.47 Å². The topological polar surface area (TPSA) is 34.0 Å². The number of benzene rings is 1. The molecule has 0 atom stereocenters. The van der Waals surface area contributed by atoms with Crippen LogP contribution in [-0.2, 0) is 13.1 Å². The van der Waals surface area contributed by atoms with Gasteiger partial charge >= 0.3 is 0 Å². The van der Waals surface area contributed by atoms with Crippen LogP contribution >= 0.6 is 11.8 Å². The smallest absolute Gasteiger partial charge is 0.124 e. The first kappa shape index (κ1) is 19.6. The van der Waals surface area contributed by atoms with Gasteiger partial charge in [0.2, 0.25) is 0 Å². The number of pyridine rings is 1. The van der Waals surface area contributed by atoms with E-state index < -0.39 is 0 Å². The van der Waals surface area contributed by atoms with Crippen LogP contribution in [0.5, 0.6) is 0 Å². The Labute approximate surface area is 164 Å². The van der Waals surface area contributed by atoms with Gasteiger partial charge in [-0.1, -0.05) is 31.7 Å². The van der Waals surface area contributed by atoms with E-state index in [1.54, 1.807) is 36.3 Å². The van der Waals surface area contributed by atoms with Crippen molar-refractivity contribution in [3.63, 3.8) is 0 Å². The average Bonchev–Trinajstić information content (AvgIpc) is 2.93. The van der Waals surface area contributed by atoms with Crippen LogP contribution in [0.2, 0.25) is 0 Å². The molecule has 0 spiro atoms. The first-order valence-corrected chi connectivity index (χ1v) is 9.82. The molecule has 0 fully saturated rings. The summed E-state index contributed by atoms with van der Waals surface area (Å²) < 4.78 is 16.0. The zero-order valence-electron chi connectivity index (χ0n) is 16.2. The fraction of sp³-hybridized carbons (Fsp3) is 0.333. The van der Waals surface area contributed by atoms with Crippen molar-refractivity contribution < 1.29 is 4.39 Å². The van der Waals surface area contributed by atoms with E-state index >= 15 is 0 Å². The molecule has 0 radical (unpaired) electrons. The molecule has 2 aromatic heterocycles. The standard InChI is InChI=1S/C21H25FN4S/c1-15(2)20-21(27-18-7-5-6-17(22)12-18)26(19(24-20)14-25(3)4)13-16-8-10-23-11-9-16/h5-12,15H,13-14H2,1-4H3. The van der Waals surface area contributed by atoms with Crippen LogP contribution in [0.1, 0.15) is 36.8 Å². The van der Waals surface area contributed by atoms with Crippen LogP contribution in [0.15, 0.2) is 58.7 Å². The van der Waals surface area contributed by atoms with Crippen molar-refractivity contribution in [1.29, 1.82) is 0 Å². The summed E-state index contributed by atoms with van der Waals surface area (Å²) in [4.78, 5) is 12.1. The van der Waals surface area contributed by atoms with Gasteiger partial charge in [-0.2, -0.15) is 0 Å². The summed E-state index contributed by atoms with van der Waals surface area (Å²) in [5.41, 5.74) is 2.22. The predicted molar refractivity (Wildman–Crippen MR) is 108 cm³/mol. The average molecular weight is 385 g/mol. The number of halogens is 1. The minimum atomic E-state index is -0.222. The third-order valence-corrected chi connectivity index (χ3v) is 5.24. The van der Waals surface area contributed by atoms with Crippen molar-refractivity contribution in [2.24, 2.45) is 0 Å². The Morgan fingerprint density at radius 1 is 1.15 bits per heavy atom. The molecule has 0 amide bonds. The SMILES string of the molecule is CC(C)c1nc(CN(C)C)n(Cc2ccncc2)c1Sc1cccc(F)c1. The third-order valence-electron chi connectivity index (χ3n) is 4.13. The summed E-state index contributed by atoms with van der Waals surface area (Å²) in [6, 6.07) is 10.8. The van der Waals surface area contributed by atoms with E-state index in [0.717, 1.165) is 28.0 Å².